The van der Waals surface area contributed by atoms with Crippen molar-refractivity contribution in [3.05, 3.63) is 39.8 Å². The molecular weight excluding hydrogens is 240 g/mol. The number of aliphatic hydroxyl groups is 1. The van der Waals surface area contributed by atoms with Gasteiger partial charge in [-0.25, -0.2) is 9.78 Å². The van der Waals surface area contributed by atoms with Gasteiger partial charge in [0.15, 0.2) is 5.58 Å². The van der Waals surface area contributed by atoms with Crippen LogP contribution >= 0.6 is 11.3 Å². The molecule has 3 aromatic rings. The lowest BCUT2D eigenvalue weighted by atomic mass is 10.2. The smallest absolute Gasteiger partial charge is 0.408 e. The van der Waals surface area contributed by atoms with Crippen LogP contribution < -0.4 is 5.76 Å². The van der Waals surface area contributed by atoms with Gasteiger partial charge in [-0.15, -0.1) is 11.3 Å². The van der Waals surface area contributed by atoms with Crippen LogP contribution in [0, 0.1) is 0 Å². The first-order valence-corrected chi connectivity index (χ1v) is 5.83. The molecule has 0 amide bonds. The maximum atomic E-state index is 11.0. The van der Waals surface area contributed by atoms with E-state index in [4.69, 9.17) is 9.52 Å². The van der Waals surface area contributed by atoms with E-state index >= 15 is 0 Å². The highest BCUT2D eigenvalue weighted by atomic mass is 32.1. The Labute approximate surface area is 99.4 Å². The Kier molecular flexibility index (Phi) is 2.31. The fourth-order valence-electron chi connectivity index (χ4n) is 1.60. The maximum absolute atomic E-state index is 11.0. The summed E-state index contributed by atoms with van der Waals surface area (Å²) in [7, 11) is 0. The van der Waals surface area contributed by atoms with Crippen molar-refractivity contribution < 1.29 is 9.52 Å². The number of benzene rings is 1. The molecular formula is C11H8N2O3S. The summed E-state index contributed by atoms with van der Waals surface area (Å²) in [5, 5.41) is 11.6. The van der Waals surface area contributed by atoms with E-state index < -0.39 is 5.76 Å². The Morgan fingerprint density at radius 2 is 2.35 bits per heavy atom. The van der Waals surface area contributed by atoms with E-state index in [1.165, 1.54) is 11.3 Å². The molecule has 6 heteroatoms. The number of nitrogens with zero attached hydrogens (tertiary/aromatic N) is 1. The van der Waals surface area contributed by atoms with Crippen LogP contribution in [0.15, 0.2) is 32.8 Å². The largest absolute Gasteiger partial charge is 0.417 e. The molecule has 86 valence electrons. The van der Waals surface area contributed by atoms with Gasteiger partial charge in [-0.3, -0.25) is 4.98 Å². The van der Waals surface area contributed by atoms with Gasteiger partial charge in [0.05, 0.1) is 17.8 Å². The van der Waals surface area contributed by atoms with Gasteiger partial charge in [-0.05, 0) is 18.2 Å². The first-order valence-electron chi connectivity index (χ1n) is 4.95. The maximum Gasteiger partial charge on any atom is 0.417 e. The van der Waals surface area contributed by atoms with Gasteiger partial charge in [-0.2, -0.15) is 0 Å². The van der Waals surface area contributed by atoms with Crippen LogP contribution in [0.3, 0.4) is 0 Å². The van der Waals surface area contributed by atoms with E-state index in [9.17, 15) is 4.79 Å². The lowest BCUT2D eigenvalue weighted by Crippen LogP contribution is -1.92. The minimum atomic E-state index is -0.465. The summed E-state index contributed by atoms with van der Waals surface area (Å²) >= 11 is 1.45. The quantitative estimate of drug-likeness (QED) is 0.724. The molecule has 1 aromatic carbocycles. The molecule has 0 radical (unpaired) electrons. The summed E-state index contributed by atoms with van der Waals surface area (Å²) in [6, 6.07) is 5.36. The van der Waals surface area contributed by atoms with E-state index in [1.807, 2.05) is 6.07 Å². The highest BCUT2D eigenvalue weighted by Gasteiger charge is 2.07. The normalized spacial score (nSPS) is 11.1. The SMILES string of the molecule is O=c1[nH]c2cc(-c3nc(CO)cs3)ccc2o1. The van der Waals surface area contributed by atoms with Crippen LogP contribution in [-0.2, 0) is 6.61 Å². The van der Waals surface area contributed by atoms with Gasteiger partial charge in [0.1, 0.15) is 5.01 Å². The van der Waals surface area contributed by atoms with Crippen LogP contribution in [0.2, 0.25) is 0 Å². The lowest BCUT2D eigenvalue weighted by molar-refractivity contribution is 0.278. The number of aromatic nitrogens is 2. The Bertz CT molecular complexity index is 725. The Morgan fingerprint density at radius 1 is 1.47 bits per heavy atom. The summed E-state index contributed by atoms with van der Waals surface area (Å²) in [4.78, 5) is 17.9. The standard InChI is InChI=1S/C11H8N2O3S/c14-4-7-5-17-10(12-7)6-1-2-9-8(3-6)13-11(15)16-9/h1-3,5,14H,4H2,(H,13,15). The molecule has 0 saturated carbocycles. The molecule has 17 heavy (non-hydrogen) atoms. The summed E-state index contributed by atoms with van der Waals surface area (Å²) in [5.74, 6) is -0.465. The average molecular weight is 248 g/mol. The molecule has 0 bridgehead atoms. The molecule has 0 aliphatic carbocycles. The van der Waals surface area contributed by atoms with Crippen molar-refractivity contribution in [3.63, 3.8) is 0 Å². The van der Waals surface area contributed by atoms with Crippen molar-refractivity contribution in [2.75, 3.05) is 0 Å². The second-order valence-corrected chi connectivity index (χ2v) is 4.39. The molecule has 2 heterocycles. The molecule has 0 saturated heterocycles. The predicted octanol–water partition coefficient (Wildman–Crippen LogP) is 1.74. The van der Waals surface area contributed by atoms with Crippen LogP contribution in [0.5, 0.6) is 0 Å². The van der Waals surface area contributed by atoms with E-state index in [1.54, 1.807) is 17.5 Å². The van der Waals surface area contributed by atoms with Crippen molar-refractivity contribution in [3.8, 4) is 10.6 Å². The average Bonchev–Trinajstić information content (AvgIpc) is 2.92. The van der Waals surface area contributed by atoms with E-state index in [-0.39, 0.29) is 6.61 Å². The number of hydrogen-bond donors (Lipinski definition) is 2. The molecule has 2 aromatic heterocycles. The summed E-state index contributed by atoms with van der Waals surface area (Å²) in [5.41, 5.74) is 2.70. The molecule has 0 aliphatic heterocycles. The number of aromatic amines is 1. The zero-order valence-electron chi connectivity index (χ0n) is 8.64. The molecule has 0 atom stereocenters. The molecule has 3 rings (SSSR count). The van der Waals surface area contributed by atoms with Crippen molar-refractivity contribution in [1.82, 2.24) is 9.97 Å². The third-order valence-corrected chi connectivity index (χ3v) is 3.32. The van der Waals surface area contributed by atoms with E-state index in [2.05, 4.69) is 9.97 Å². The highest BCUT2D eigenvalue weighted by molar-refractivity contribution is 7.13. The number of fused-ring (bicyclic) bond motifs is 1. The Hall–Kier alpha value is -1.92. The fraction of sp³-hybridized carbons (Fsp3) is 0.0909. The van der Waals surface area contributed by atoms with Gasteiger partial charge in [0.2, 0.25) is 0 Å². The van der Waals surface area contributed by atoms with Gasteiger partial charge in [-0.1, -0.05) is 0 Å². The fourth-order valence-corrected chi connectivity index (χ4v) is 2.41. The van der Waals surface area contributed by atoms with Gasteiger partial charge < -0.3 is 9.52 Å². The molecule has 0 spiro atoms. The Balaban J connectivity index is 2.13. The van der Waals surface area contributed by atoms with Gasteiger partial charge >= 0.3 is 5.76 Å². The topological polar surface area (TPSA) is 79.1 Å². The first-order chi connectivity index (χ1) is 8.26. The van der Waals surface area contributed by atoms with Crippen LogP contribution in [0.25, 0.3) is 21.7 Å². The third kappa shape index (κ3) is 1.77. The van der Waals surface area contributed by atoms with Crippen molar-refractivity contribution in [2.24, 2.45) is 0 Å². The number of rotatable bonds is 2. The van der Waals surface area contributed by atoms with E-state index in [0.717, 1.165) is 10.6 Å². The van der Waals surface area contributed by atoms with Gasteiger partial charge in [0.25, 0.3) is 0 Å². The zero-order chi connectivity index (χ0) is 11.8. The second-order valence-electron chi connectivity index (χ2n) is 3.53. The summed E-state index contributed by atoms with van der Waals surface area (Å²) in [6.07, 6.45) is 0. The molecule has 0 unspecified atom stereocenters. The number of oxazole rings is 1. The number of thiazole rings is 1. The summed E-state index contributed by atoms with van der Waals surface area (Å²) in [6.45, 7) is -0.0682. The Morgan fingerprint density at radius 3 is 3.12 bits per heavy atom. The van der Waals surface area contributed by atoms with Gasteiger partial charge in [0, 0.05) is 10.9 Å². The first kappa shape index (κ1) is 10.2. The van der Waals surface area contributed by atoms with Crippen molar-refractivity contribution in [2.45, 2.75) is 6.61 Å². The lowest BCUT2D eigenvalue weighted by Gasteiger charge is -1.95. The molecule has 2 N–H and O–H groups in total. The van der Waals surface area contributed by atoms with Crippen molar-refractivity contribution in [1.29, 1.82) is 0 Å². The second kappa shape index (κ2) is 3.83. The van der Waals surface area contributed by atoms with Crippen LogP contribution in [0.1, 0.15) is 5.69 Å². The number of hydrogen-bond acceptors (Lipinski definition) is 5. The third-order valence-electron chi connectivity index (χ3n) is 2.38. The predicted molar refractivity (Wildman–Crippen MR) is 63.9 cm³/mol. The molecule has 5 nitrogen and oxygen atoms in total. The van der Waals surface area contributed by atoms with E-state index in [0.29, 0.717) is 16.8 Å². The monoisotopic (exact) mass is 248 g/mol. The molecule has 0 aliphatic rings. The number of nitrogens with one attached hydrogen (secondary N) is 1. The van der Waals surface area contributed by atoms with Crippen LogP contribution in [-0.4, -0.2) is 15.1 Å². The number of aliphatic hydroxyl groups excluding tert-OH is 1. The van der Waals surface area contributed by atoms with Crippen molar-refractivity contribution >= 4 is 22.4 Å². The molecule has 0 fully saturated rings. The minimum absolute atomic E-state index is 0.0682. The summed E-state index contributed by atoms with van der Waals surface area (Å²) < 4.78 is 4.92. The minimum Gasteiger partial charge on any atom is -0.408 e. The highest BCUT2D eigenvalue weighted by Crippen LogP contribution is 2.26. The zero-order valence-corrected chi connectivity index (χ0v) is 9.45. The number of H-pyrrole nitrogens is 1. The van der Waals surface area contributed by atoms with Crippen LogP contribution in [0.4, 0.5) is 0 Å².